The van der Waals surface area contributed by atoms with Crippen molar-refractivity contribution in [2.75, 3.05) is 37.7 Å². The second-order valence-electron chi connectivity index (χ2n) is 8.22. The molecular formula is C23H26N6O4. The average molecular weight is 450 g/mol. The summed E-state index contributed by atoms with van der Waals surface area (Å²) in [6.45, 7) is 3.13. The van der Waals surface area contributed by atoms with Crippen LogP contribution in [0.5, 0.6) is 5.75 Å². The third kappa shape index (κ3) is 4.10. The summed E-state index contributed by atoms with van der Waals surface area (Å²) in [5.41, 5.74) is -0.496. The van der Waals surface area contributed by atoms with E-state index in [1.54, 1.807) is 11.6 Å². The summed E-state index contributed by atoms with van der Waals surface area (Å²) in [4.78, 5) is 33.8. The molecule has 0 amide bonds. The van der Waals surface area contributed by atoms with E-state index in [2.05, 4.69) is 20.2 Å². The summed E-state index contributed by atoms with van der Waals surface area (Å²) in [5.74, 6) is 1.22. The number of aliphatic hydroxyl groups excluding tert-OH is 1. The number of aliphatic hydroxyl groups is 1. The molecule has 1 saturated heterocycles. The number of hydrogen-bond acceptors (Lipinski definition) is 7. The topological polar surface area (TPSA) is 117 Å². The number of nitrogens with zero attached hydrogens (tertiary/aromatic N) is 4. The molecule has 5 rings (SSSR count). The zero-order chi connectivity index (χ0) is 22.9. The highest BCUT2D eigenvalue weighted by Gasteiger charge is 2.24. The first kappa shape index (κ1) is 21.2. The number of H-pyrrole nitrogens is 1. The van der Waals surface area contributed by atoms with Gasteiger partial charge >= 0.3 is 5.69 Å². The van der Waals surface area contributed by atoms with Gasteiger partial charge in [-0.05, 0) is 22.9 Å². The molecule has 10 nitrogen and oxygen atoms in total. The van der Waals surface area contributed by atoms with Crippen LogP contribution in [0.3, 0.4) is 0 Å². The minimum atomic E-state index is -0.896. The number of aromatic nitrogens is 4. The summed E-state index contributed by atoms with van der Waals surface area (Å²) in [5, 5.41) is 16.3. The number of imidazole rings is 1. The first-order chi connectivity index (χ1) is 16.0. The van der Waals surface area contributed by atoms with Crippen molar-refractivity contribution >= 4 is 27.9 Å². The fraction of sp³-hybridized carbons (Fsp3) is 0.348. The first-order valence-electron chi connectivity index (χ1n) is 11.0. The number of aromatic amines is 1. The second kappa shape index (κ2) is 8.72. The number of nitrogens with one attached hydrogen (secondary N) is 2. The Labute approximate surface area is 189 Å². The van der Waals surface area contributed by atoms with Gasteiger partial charge in [0.15, 0.2) is 11.2 Å². The van der Waals surface area contributed by atoms with Crippen LogP contribution in [0.1, 0.15) is 0 Å². The summed E-state index contributed by atoms with van der Waals surface area (Å²) < 4.78 is 8.85. The van der Waals surface area contributed by atoms with Gasteiger partial charge in [0, 0.05) is 33.2 Å². The van der Waals surface area contributed by atoms with E-state index >= 15 is 0 Å². The predicted octanol–water partition coefficient (Wildman–Crippen LogP) is 0.426. The van der Waals surface area contributed by atoms with Crippen LogP contribution in [0.4, 0.5) is 5.95 Å². The number of rotatable bonds is 6. The van der Waals surface area contributed by atoms with Crippen molar-refractivity contribution < 1.29 is 9.84 Å². The SMILES string of the molecule is Cn1c(=O)[nH]c(=O)c2c1nc(N1CCNCC1)n2C[C@@H](O)COc1ccc2ccccc2c1. The molecule has 0 unspecified atom stereocenters. The Kier molecular flexibility index (Phi) is 5.61. The number of hydrogen-bond donors (Lipinski definition) is 3. The minimum Gasteiger partial charge on any atom is -0.491 e. The number of benzene rings is 2. The molecule has 172 valence electrons. The zero-order valence-electron chi connectivity index (χ0n) is 18.3. The van der Waals surface area contributed by atoms with Gasteiger partial charge in [-0.15, -0.1) is 0 Å². The Morgan fingerprint density at radius 2 is 1.88 bits per heavy atom. The minimum absolute atomic E-state index is 0.0443. The Balaban J connectivity index is 1.43. The highest BCUT2D eigenvalue weighted by Crippen LogP contribution is 2.22. The molecule has 1 fully saturated rings. The lowest BCUT2D eigenvalue weighted by atomic mass is 10.1. The van der Waals surface area contributed by atoms with Gasteiger partial charge in [-0.3, -0.25) is 14.3 Å². The molecule has 2 aromatic heterocycles. The molecule has 10 heteroatoms. The maximum atomic E-state index is 12.7. The lowest BCUT2D eigenvalue weighted by Crippen LogP contribution is -2.45. The maximum Gasteiger partial charge on any atom is 0.329 e. The molecule has 3 heterocycles. The van der Waals surface area contributed by atoms with Crippen molar-refractivity contribution in [3.63, 3.8) is 0 Å². The summed E-state index contributed by atoms with van der Waals surface area (Å²) in [7, 11) is 1.57. The Morgan fingerprint density at radius 1 is 1.12 bits per heavy atom. The second-order valence-corrected chi connectivity index (χ2v) is 8.22. The fourth-order valence-corrected chi connectivity index (χ4v) is 4.22. The van der Waals surface area contributed by atoms with Gasteiger partial charge in [0.05, 0.1) is 6.54 Å². The molecule has 1 aliphatic heterocycles. The van der Waals surface area contributed by atoms with Crippen LogP contribution in [0.25, 0.3) is 21.9 Å². The van der Waals surface area contributed by atoms with Crippen LogP contribution in [-0.2, 0) is 13.6 Å². The molecule has 1 aliphatic rings. The lowest BCUT2D eigenvalue weighted by molar-refractivity contribution is 0.0937. The van der Waals surface area contributed by atoms with Gasteiger partial charge in [0.2, 0.25) is 5.95 Å². The standard InChI is InChI=1S/C23H26N6O4/c1-27-20-19(21(31)26-23(27)32)29(22(25-20)28-10-8-24-9-11-28)13-17(30)14-33-18-7-6-15-4-2-3-5-16(15)12-18/h2-7,12,17,24,30H,8-11,13-14H2,1H3,(H,26,31,32)/t17-/m1/s1. The monoisotopic (exact) mass is 450 g/mol. The summed E-state index contributed by atoms with van der Waals surface area (Å²) in [6.07, 6.45) is -0.896. The smallest absolute Gasteiger partial charge is 0.329 e. The van der Waals surface area contributed by atoms with E-state index in [-0.39, 0.29) is 18.7 Å². The van der Waals surface area contributed by atoms with Crippen molar-refractivity contribution in [3.8, 4) is 5.75 Å². The highest BCUT2D eigenvalue weighted by molar-refractivity contribution is 5.83. The quantitative estimate of drug-likeness (QED) is 0.390. The number of anilines is 1. The molecule has 3 N–H and O–H groups in total. The Hall–Kier alpha value is -3.63. The summed E-state index contributed by atoms with van der Waals surface area (Å²) >= 11 is 0. The Morgan fingerprint density at radius 3 is 2.67 bits per heavy atom. The van der Waals surface area contributed by atoms with Crippen molar-refractivity contribution in [2.24, 2.45) is 7.05 Å². The van der Waals surface area contributed by atoms with Gasteiger partial charge in [0.25, 0.3) is 5.56 Å². The molecule has 0 saturated carbocycles. The molecule has 0 radical (unpaired) electrons. The van der Waals surface area contributed by atoms with E-state index in [4.69, 9.17) is 4.74 Å². The van der Waals surface area contributed by atoms with Crippen LogP contribution in [-0.4, -0.2) is 63.1 Å². The van der Waals surface area contributed by atoms with Gasteiger partial charge in [-0.1, -0.05) is 30.3 Å². The van der Waals surface area contributed by atoms with Gasteiger partial charge < -0.3 is 24.6 Å². The molecular weight excluding hydrogens is 424 g/mol. The van der Waals surface area contributed by atoms with E-state index in [0.29, 0.717) is 30.4 Å². The van der Waals surface area contributed by atoms with Crippen LogP contribution < -0.4 is 26.2 Å². The fourth-order valence-electron chi connectivity index (χ4n) is 4.22. The average Bonchev–Trinajstić information content (AvgIpc) is 3.21. The first-order valence-corrected chi connectivity index (χ1v) is 11.0. The van der Waals surface area contributed by atoms with Gasteiger partial charge in [-0.2, -0.15) is 4.98 Å². The third-order valence-electron chi connectivity index (χ3n) is 5.94. The number of aryl methyl sites for hydroxylation is 1. The van der Waals surface area contributed by atoms with E-state index in [1.165, 1.54) is 4.57 Å². The van der Waals surface area contributed by atoms with E-state index in [9.17, 15) is 14.7 Å². The molecule has 0 bridgehead atoms. The van der Waals surface area contributed by atoms with E-state index < -0.39 is 17.4 Å². The third-order valence-corrected chi connectivity index (χ3v) is 5.94. The highest BCUT2D eigenvalue weighted by atomic mass is 16.5. The van der Waals surface area contributed by atoms with Crippen molar-refractivity contribution in [1.29, 1.82) is 0 Å². The van der Waals surface area contributed by atoms with E-state index in [1.807, 2.05) is 42.5 Å². The molecule has 0 aliphatic carbocycles. The van der Waals surface area contributed by atoms with Crippen molar-refractivity contribution in [1.82, 2.24) is 24.4 Å². The maximum absolute atomic E-state index is 12.7. The van der Waals surface area contributed by atoms with Crippen LogP contribution in [0, 0.1) is 0 Å². The largest absolute Gasteiger partial charge is 0.491 e. The normalized spacial score (nSPS) is 15.3. The van der Waals surface area contributed by atoms with Crippen LogP contribution in [0.2, 0.25) is 0 Å². The van der Waals surface area contributed by atoms with Gasteiger partial charge in [-0.25, -0.2) is 4.79 Å². The lowest BCUT2D eigenvalue weighted by Gasteiger charge is -2.29. The molecule has 33 heavy (non-hydrogen) atoms. The number of piperazine rings is 1. The van der Waals surface area contributed by atoms with Crippen molar-refractivity contribution in [2.45, 2.75) is 12.6 Å². The number of ether oxygens (including phenoxy) is 1. The zero-order valence-corrected chi connectivity index (χ0v) is 18.3. The predicted molar refractivity (Wildman–Crippen MR) is 126 cm³/mol. The molecule has 4 aromatic rings. The van der Waals surface area contributed by atoms with Crippen LogP contribution >= 0.6 is 0 Å². The Bertz CT molecular complexity index is 1420. The molecule has 0 spiro atoms. The molecule has 2 aromatic carbocycles. The van der Waals surface area contributed by atoms with Crippen LogP contribution in [0.15, 0.2) is 52.1 Å². The summed E-state index contributed by atoms with van der Waals surface area (Å²) in [6, 6.07) is 13.8. The molecule has 1 atom stereocenters. The number of fused-ring (bicyclic) bond motifs is 2. The van der Waals surface area contributed by atoms with Crippen molar-refractivity contribution in [3.05, 3.63) is 63.3 Å². The van der Waals surface area contributed by atoms with Gasteiger partial charge in [0.1, 0.15) is 18.5 Å². The van der Waals surface area contributed by atoms with E-state index in [0.717, 1.165) is 23.9 Å².